The molecule has 0 aliphatic rings. The van der Waals surface area contributed by atoms with Crippen LogP contribution in [0.2, 0.25) is 0 Å². The van der Waals surface area contributed by atoms with Gasteiger partial charge < -0.3 is 10.1 Å². The molecule has 0 aliphatic carbocycles. The van der Waals surface area contributed by atoms with Crippen LogP contribution in [0.1, 0.15) is 11.1 Å². The van der Waals surface area contributed by atoms with E-state index < -0.39 is 0 Å². The molecule has 0 atom stereocenters. The fourth-order valence-corrected chi connectivity index (χ4v) is 1.34. The van der Waals surface area contributed by atoms with Gasteiger partial charge in [0.15, 0.2) is 0 Å². The number of rotatable bonds is 6. The van der Waals surface area contributed by atoms with Gasteiger partial charge in [0, 0.05) is 20.2 Å². The van der Waals surface area contributed by atoms with Crippen molar-refractivity contribution in [1.29, 1.82) is 0 Å². The predicted octanol–water partition coefficient (Wildman–Crippen LogP) is 2.38. The van der Waals surface area contributed by atoms with Crippen molar-refractivity contribution in [2.24, 2.45) is 0 Å². The number of ether oxygens (including phenoxy) is 1. The molecular formula is C13H18FNO. The highest BCUT2D eigenvalue weighted by Crippen LogP contribution is 2.11. The van der Waals surface area contributed by atoms with E-state index in [9.17, 15) is 4.39 Å². The van der Waals surface area contributed by atoms with Gasteiger partial charge in [-0.1, -0.05) is 18.2 Å². The van der Waals surface area contributed by atoms with E-state index in [1.165, 1.54) is 6.07 Å². The Morgan fingerprint density at radius 1 is 1.44 bits per heavy atom. The van der Waals surface area contributed by atoms with Crippen molar-refractivity contribution in [2.45, 2.75) is 6.92 Å². The van der Waals surface area contributed by atoms with E-state index in [0.717, 1.165) is 24.2 Å². The summed E-state index contributed by atoms with van der Waals surface area (Å²) in [7, 11) is 1.67. The molecule has 0 unspecified atom stereocenters. The molecule has 0 saturated heterocycles. The molecule has 0 amide bonds. The SMILES string of the molecule is COCCNC/C=C/c1cc(F)ccc1C. The van der Waals surface area contributed by atoms with Gasteiger partial charge in [0.1, 0.15) is 5.82 Å². The van der Waals surface area contributed by atoms with Gasteiger partial charge in [0.25, 0.3) is 0 Å². The molecule has 2 nitrogen and oxygen atoms in total. The maximum Gasteiger partial charge on any atom is 0.123 e. The van der Waals surface area contributed by atoms with Crippen molar-refractivity contribution >= 4 is 6.08 Å². The highest BCUT2D eigenvalue weighted by Gasteiger charge is 1.95. The van der Waals surface area contributed by atoms with Crippen LogP contribution in [-0.4, -0.2) is 26.8 Å². The summed E-state index contributed by atoms with van der Waals surface area (Å²) in [6.45, 7) is 4.26. The molecule has 88 valence electrons. The van der Waals surface area contributed by atoms with Crippen molar-refractivity contribution in [1.82, 2.24) is 5.32 Å². The lowest BCUT2D eigenvalue weighted by Gasteiger charge is -2.01. The molecule has 1 aromatic carbocycles. The zero-order chi connectivity index (χ0) is 11.8. The molecule has 0 aromatic heterocycles. The number of benzene rings is 1. The number of hydrogen-bond donors (Lipinski definition) is 1. The first-order valence-electron chi connectivity index (χ1n) is 5.36. The summed E-state index contributed by atoms with van der Waals surface area (Å²) in [6, 6.07) is 4.80. The second-order valence-electron chi connectivity index (χ2n) is 3.60. The zero-order valence-electron chi connectivity index (χ0n) is 9.79. The minimum Gasteiger partial charge on any atom is -0.383 e. The van der Waals surface area contributed by atoms with Crippen molar-refractivity contribution in [3.05, 3.63) is 41.2 Å². The number of halogens is 1. The van der Waals surface area contributed by atoms with E-state index in [1.54, 1.807) is 19.2 Å². The van der Waals surface area contributed by atoms with E-state index in [2.05, 4.69) is 5.32 Å². The molecule has 0 radical (unpaired) electrons. The molecular weight excluding hydrogens is 205 g/mol. The number of hydrogen-bond acceptors (Lipinski definition) is 2. The van der Waals surface area contributed by atoms with Gasteiger partial charge in [0.05, 0.1) is 6.61 Å². The quantitative estimate of drug-likeness (QED) is 0.748. The fourth-order valence-electron chi connectivity index (χ4n) is 1.34. The monoisotopic (exact) mass is 223 g/mol. The van der Waals surface area contributed by atoms with Crippen LogP contribution in [0.5, 0.6) is 0 Å². The van der Waals surface area contributed by atoms with E-state index in [1.807, 2.05) is 19.1 Å². The van der Waals surface area contributed by atoms with Gasteiger partial charge in [-0.15, -0.1) is 0 Å². The topological polar surface area (TPSA) is 21.3 Å². The third kappa shape index (κ3) is 4.55. The first-order chi connectivity index (χ1) is 7.74. The summed E-state index contributed by atoms with van der Waals surface area (Å²) in [5, 5.41) is 3.19. The molecule has 1 N–H and O–H groups in total. The molecule has 1 aromatic rings. The molecule has 0 spiro atoms. The zero-order valence-corrected chi connectivity index (χ0v) is 9.79. The molecule has 0 bridgehead atoms. The Morgan fingerprint density at radius 3 is 3.00 bits per heavy atom. The Morgan fingerprint density at radius 2 is 2.25 bits per heavy atom. The lowest BCUT2D eigenvalue weighted by molar-refractivity contribution is 0.200. The third-order valence-corrected chi connectivity index (χ3v) is 2.28. The minimum absolute atomic E-state index is 0.197. The first kappa shape index (κ1) is 12.9. The molecule has 0 fully saturated rings. The Hall–Kier alpha value is -1.19. The Kier molecular flexibility index (Phi) is 5.75. The second kappa shape index (κ2) is 7.14. The van der Waals surface area contributed by atoms with Gasteiger partial charge in [-0.25, -0.2) is 4.39 Å². The third-order valence-electron chi connectivity index (χ3n) is 2.28. The molecule has 0 aliphatic heterocycles. The molecule has 16 heavy (non-hydrogen) atoms. The van der Waals surface area contributed by atoms with Gasteiger partial charge in [-0.05, 0) is 30.2 Å². The van der Waals surface area contributed by atoms with E-state index in [4.69, 9.17) is 4.74 Å². The van der Waals surface area contributed by atoms with E-state index >= 15 is 0 Å². The highest BCUT2D eigenvalue weighted by molar-refractivity contribution is 5.53. The predicted molar refractivity (Wildman–Crippen MR) is 64.9 cm³/mol. The lowest BCUT2D eigenvalue weighted by atomic mass is 10.1. The standard InChI is InChI=1S/C13H18FNO/c1-11-5-6-13(14)10-12(11)4-3-7-15-8-9-16-2/h3-6,10,15H,7-9H2,1-2H3/b4-3+. The van der Waals surface area contributed by atoms with Crippen LogP contribution >= 0.6 is 0 Å². The van der Waals surface area contributed by atoms with Gasteiger partial charge >= 0.3 is 0 Å². The summed E-state index contributed by atoms with van der Waals surface area (Å²) in [6.07, 6.45) is 3.91. The summed E-state index contributed by atoms with van der Waals surface area (Å²) >= 11 is 0. The van der Waals surface area contributed by atoms with Crippen molar-refractivity contribution in [2.75, 3.05) is 26.8 Å². The normalized spacial score (nSPS) is 11.2. The van der Waals surface area contributed by atoms with Crippen LogP contribution in [0.25, 0.3) is 6.08 Å². The van der Waals surface area contributed by atoms with Gasteiger partial charge in [-0.3, -0.25) is 0 Å². The molecule has 0 saturated carbocycles. The van der Waals surface area contributed by atoms with E-state index in [-0.39, 0.29) is 5.82 Å². The maximum absolute atomic E-state index is 13.0. The van der Waals surface area contributed by atoms with Crippen molar-refractivity contribution in [3.63, 3.8) is 0 Å². The summed E-state index contributed by atoms with van der Waals surface area (Å²) in [4.78, 5) is 0. The van der Waals surface area contributed by atoms with Gasteiger partial charge in [-0.2, -0.15) is 0 Å². The number of nitrogens with one attached hydrogen (secondary N) is 1. The number of methoxy groups -OCH3 is 1. The van der Waals surface area contributed by atoms with Crippen LogP contribution in [0.4, 0.5) is 4.39 Å². The van der Waals surface area contributed by atoms with E-state index in [0.29, 0.717) is 6.61 Å². The second-order valence-corrected chi connectivity index (χ2v) is 3.60. The molecule has 3 heteroatoms. The Labute approximate surface area is 96.1 Å². The van der Waals surface area contributed by atoms with Crippen molar-refractivity contribution in [3.8, 4) is 0 Å². The Bertz CT molecular complexity index is 350. The summed E-state index contributed by atoms with van der Waals surface area (Å²) < 4.78 is 17.9. The molecule has 1 rings (SSSR count). The van der Waals surface area contributed by atoms with Gasteiger partial charge in [0.2, 0.25) is 0 Å². The minimum atomic E-state index is -0.197. The van der Waals surface area contributed by atoms with Crippen LogP contribution in [0.15, 0.2) is 24.3 Å². The smallest absolute Gasteiger partial charge is 0.123 e. The maximum atomic E-state index is 13.0. The number of aryl methyl sites for hydroxylation is 1. The van der Waals surface area contributed by atoms with Crippen LogP contribution < -0.4 is 5.32 Å². The summed E-state index contributed by atoms with van der Waals surface area (Å²) in [5.74, 6) is -0.197. The average molecular weight is 223 g/mol. The van der Waals surface area contributed by atoms with Crippen LogP contribution in [0.3, 0.4) is 0 Å². The largest absolute Gasteiger partial charge is 0.383 e. The first-order valence-corrected chi connectivity index (χ1v) is 5.36. The van der Waals surface area contributed by atoms with Crippen LogP contribution in [-0.2, 0) is 4.74 Å². The average Bonchev–Trinajstić information content (AvgIpc) is 2.28. The fraction of sp³-hybridized carbons (Fsp3) is 0.385. The van der Waals surface area contributed by atoms with Crippen LogP contribution in [0, 0.1) is 12.7 Å². The molecule has 0 heterocycles. The highest BCUT2D eigenvalue weighted by atomic mass is 19.1. The van der Waals surface area contributed by atoms with Crippen molar-refractivity contribution < 1.29 is 9.13 Å². The Balaban J connectivity index is 2.40. The summed E-state index contributed by atoms with van der Waals surface area (Å²) in [5.41, 5.74) is 2.00. The lowest BCUT2D eigenvalue weighted by Crippen LogP contribution is -2.18.